The van der Waals surface area contributed by atoms with Crippen molar-refractivity contribution in [3.8, 4) is 0 Å². The van der Waals surface area contributed by atoms with Crippen molar-refractivity contribution in [1.82, 2.24) is 9.21 Å². The summed E-state index contributed by atoms with van der Waals surface area (Å²) in [5.41, 5.74) is 0.472. The van der Waals surface area contributed by atoms with Gasteiger partial charge in [-0.2, -0.15) is 4.31 Å². The van der Waals surface area contributed by atoms with E-state index in [1.807, 2.05) is 14.1 Å². The third-order valence-corrected chi connectivity index (χ3v) is 7.39. The predicted molar refractivity (Wildman–Crippen MR) is 106 cm³/mol. The number of amides is 1. The highest BCUT2D eigenvalue weighted by Crippen LogP contribution is 2.23. The third-order valence-electron chi connectivity index (χ3n) is 3.76. The van der Waals surface area contributed by atoms with E-state index in [1.165, 1.54) is 22.1 Å². The monoisotopic (exact) mass is 401 g/mol. The van der Waals surface area contributed by atoms with Gasteiger partial charge in [0.1, 0.15) is 4.32 Å². The highest BCUT2D eigenvalue weighted by atomic mass is 32.2. The molecule has 0 saturated carbocycles. The van der Waals surface area contributed by atoms with Crippen LogP contribution in [0.2, 0.25) is 0 Å². The first-order valence-corrected chi connectivity index (χ1v) is 10.9. The van der Waals surface area contributed by atoms with E-state index in [0.29, 0.717) is 23.1 Å². The molecule has 25 heavy (non-hydrogen) atoms. The quantitative estimate of drug-likeness (QED) is 0.764. The summed E-state index contributed by atoms with van der Waals surface area (Å²) in [4.78, 5) is 14.0. The fraction of sp³-hybridized carbons (Fsp3) is 0.500. The molecule has 0 aromatic heterocycles. The smallest absolute Gasteiger partial charge is 0.243 e. The average molecular weight is 402 g/mol. The number of hydrogen-bond donors (Lipinski definition) is 1. The van der Waals surface area contributed by atoms with Gasteiger partial charge in [0.25, 0.3) is 0 Å². The fourth-order valence-corrected chi connectivity index (χ4v) is 4.77. The number of carbonyl (C=O) groups excluding carboxylic acids is 1. The summed E-state index contributed by atoms with van der Waals surface area (Å²) in [7, 11) is 0.135. The summed E-state index contributed by atoms with van der Waals surface area (Å²) in [6.07, 6.45) is 2.84. The number of hydrogen-bond acceptors (Lipinski definition) is 5. The molecule has 138 valence electrons. The predicted octanol–water partition coefficient (Wildman–Crippen LogP) is 2.38. The molecule has 6 nitrogen and oxygen atoms in total. The lowest BCUT2D eigenvalue weighted by Gasteiger charge is -2.26. The van der Waals surface area contributed by atoms with Crippen molar-refractivity contribution < 1.29 is 13.2 Å². The van der Waals surface area contributed by atoms with Crippen molar-refractivity contribution in [3.05, 3.63) is 24.3 Å². The Balaban J connectivity index is 2.03. The molecular formula is C16H23N3O3S3. The van der Waals surface area contributed by atoms with E-state index in [9.17, 15) is 13.2 Å². The molecular weight excluding hydrogens is 378 g/mol. The van der Waals surface area contributed by atoms with Gasteiger partial charge in [-0.05, 0) is 31.0 Å². The van der Waals surface area contributed by atoms with E-state index in [-0.39, 0.29) is 16.6 Å². The van der Waals surface area contributed by atoms with E-state index in [2.05, 4.69) is 5.32 Å². The lowest BCUT2D eigenvalue weighted by atomic mass is 10.2. The summed E-state index contributed by atoms with van der Waals surface area (Å²) in [5, 5.41) is 2.73. The van der Waals surface area contributed by atoms with Crippen LogP contribution >= 0.6 is 24.0 Å². The highest BCUT2D eigenvalue weighted by Gasteiger charge is 2.26. The Morgan fingerprint density at radius 2 is 1.96 bits per heavy atom. The van der Waals surface area contributed by atoms with Gasteiger partial charge in [-0.15, -0.1) is 0 Å². The number of rotatable bonds is 5. The molecule has 1 heterocycles. The van der Waals surface area contributed by atoms with E-state index >= 15 is 0 Å². The number of carbonyl (C=O) groups is 1. The van der Waals surface area contributed by atoms with Gasteiger partial charge in [-0.25, -0.2) is 8.42 Å². The van der Waals surface area contributed by atoms with Crippen LogP contribution < -0.4 is 5.32 Å². The Morgan fingerprint density at radius 3 is 2.60 bits per heavy atom. The molecule has 1 saturated heterocycles. The van der Waals surface area contributed by atoms with Crippen LogP contribution in [0.4, 0.5) is 5.69 Å². The second-order valence-corrected chi connectivity index (χ2v) is 9.54. The second kappa shape index (κ2) is 8.98. The summed E-state index contributed by atoms with van der Waals surface area (Å²) in [6, 6.07) is 6.40. The average Bonchev–Trinajstić information content (AvgIpc) is 2.60. The van der Waals surface area contributed by atoms with Gasteiger partial charge in [0.05, 0.1) is 10.6 Å². The Kier molecular flexibility index (Phi) is 7.24. The topological polar surface area (TPSA) is 69.7 Å². The van der Waals surface area contributed by atoms with Crippen LogP contribution in [-0.4, -0.2) is 60.8 Å². The van der Waals surface area contributed by atoms with E-state index < -0.39 is 10.0 Å². The minimum Gasteiger partial charge on any atom is -0.364 e. The van der Waals surface area contributed by atoms with E-state index in [0.717, 1.165) is 19.3 Å². The maximum absolute atomic E-state index is 12.7. The Labute approximate surface area is 159 Å². The molecule has 0 bridgehead atoms. The molecule has 9 heteroatoms. The number of thiocarbonyl (C=S) groups is 1. The van der Waals surface area contributed by atoms with Gasteiger partial charge >= 0.3 is 0 Å². The SMILES string of the molecule is CN(C)C(=S)SCC(=O)Nc1cccc(S(=O)(=O)N2CCCCC2)c1. The van der Waals surface area contributed by atoms with Crippen molar-refractivity contribution in [2.45, 2.75) is 24.2 Å². The zero-order valence-corrected chi connectivity index (χ0v) is 16.8. The van der Waals surface area contributed by atoms with Gasteiger partial charge in [0, 0.05) is 32.9 Å². The molecule has 1 aromatic rings. The van der Waals surface area contributed by atoms with Crippen molar-refractivity contribution in [1.29, 1.82) is 0 Å². The molecule has 1 aliphatic rings. The molecule has 0 aliphatic carbocycles. The molecule has 2 rings (SSSR count). The van der Waals surface area contributed by atoms with Crippen molar-refractivity contribution >= 4 is 49.9 Å². The van der Waals surface area contributed by atoms with Crippen molar-refractivity contribution in [2.24, 2.45) is 0 Å². The van der Waals surface area contributed by atoms with Crippen LogP contribution in [0.1, 0.15) is 19.3 Å². The minimum atomic E-state index is -3.51. The number of nitrogens with zero attached hydrogens (tertiary/aromatic N) is 2. The zero-order valence-electron chi connectivity index (χ0n) is 14.4. The first-order valence-electron chi connectivity index (χ1n) is 8.05. The number of piperidine rings is 1. The van der Waals surface area contributed by atoms with E-state index in [1.54, 1.807) is 23.1 Å². The normalized spacial score (nSPS) is 15.6. The van der Waals surface area contributed by atoms with Gasteiger partial charge in [-0.1, -0.05) is 36.5 Å². The molecule has 1 amide bonds. The largest absolute Gasteiger partial charge is 0.364 e. The van der Waals surface area contributed by atoms with Crippen molar-refractivity contribution in [3.63, 3.8) is 0 Å². The first-order chi connectivity index (χ1) is 11.8. The van der Waals surface area contributed by atoms with Crippen LogP contribution in [0, 0.1) is 0 Å². The fourth-order valence-electron chi connectivity index (χ4n) is 2.44. The number of anilines is 1. The Hall–Kier alpha value is -1.16. The van der Waals surface area contributed by atoms with Crippen LogP contribution in [0.3, 0.4) is 0 Å². The Bertz CT molecular complexity index is 729. The second-order valence-electron chi connectivity index (χ2n) is 5.99. The third kappa shape index (κ3) is 5.67. The molecule has 0 unspecified atom stereocenters. The molecule has 1 N–H and O–H groups in total. The van der Waals surface area contributed by atoms with Crippen LogP contribution in [0.15, 0.2) is 29.2 Å². The maximum Gasteiger partial charge on any atom is 0.243 e. The lowest BCUT2D eigenvalue weighted by molar-refractivity contribution is -0.113. The lowest BCUT2D eigenvalue weighted by Crippen LogP contribution is -2.35. The van der Waals surface area contributed by atoms with Gasteiger partial charge in [-0.3, -0.25) is 4.79 Å². The molecule has 1 fully saturated rings. The number of benzene rings is 1. The summed E-state index contributed by atoms with van der Waals surface area (Å²) in [5.74, 6) is -0.0400. The Morgan fingerprint density at radius 1 is 1.28 bits per heavy atom. The standard InChI is InChI=1S/C16H23N3O3S3/c1-18(2)16(23)24-12-15(20)17-13-7-6-8-14(11-13)25(21,22)19-9-4-3-5-10-19/h6-8,11H,3-5,9-10,12H2,1-2H3,(H,17,20). The van der Waals surface area contributed by atoms with Crippen molar-refractivity contribution in [2.75, 3.05) is 38.3 Å². The number of thioether (sulfide) groups is 1. The highest BCUT2D eigenvalue weighted by molar-refractivity contribution is 8.23. The van der Waals surface area contributed by atoms with Gasteiger partial charge in [0.15, 0.2) is 0 Å². The first kappa shape index (κ1) is 20.2. The molecule has 0 radical (unpaired) electrons. The van der Waals surface area contributed by atoms with Crippen LogP contribution in [0.25, 0.3) is 0 Å². The minimum absolute atomic E-state index is 0.181. The number of sulfonamides is 1. The molecule has 0 spiro atoms. The van der Waals surface area contributed by atoms with E-state index in [4.69, 9.17) is 12.2 Å². The van der Waals surface area contributed by atoms with Gasteiger partial charge in [0.2, 0.25) is 15.9 Å². The molecule has 1 aromatic carbocycles. The molecule has 1 aliphatic heterocycles. The molecule has 0 atom stereocenters. The van der Waals surface area contributed by atoms with Crippen LogP contribution in [-0.2, 0) is 14.8 Å². The van der Waals surface area contributed by atoms with Crippen LogP contribution in [0.5, 0.6) is 0 Å². The summed E-state index contributed by atoms with van der Waals surface area (Å²) in [6.45, 7) is 1.11. The maximum atomic E-state index is 12.7. The summed E-state index contributed by atoms with van der Waals surface area (Å²) >= 11 is 6.39. The summed E-state index contributed by atoms with van der Waals surface area (Å²) < 4.78 is 27.5. The van der Waals surface area contributed by atoms with Gasteiger partial charge < -0.3 is 10.2 Å². The number of nitrogens with one attached hydrogen (secondary N) is 1. The zero-order chi connectivity index (χ0) is 18.4.